The summed E-state index contributed by atoms with van der Waals surface area (Å²) in [6.45, 7) is 1.96. The van der Waals surface area contributed by atoms with Crippen LogP contribution >= 0.6 is 34.5 Å². The van der Waals surface area contributed by atoms with Crippen LogP contribution in [0, 0.1) is 12.3 Å². The summed E-state index contributed by atoms with van der Waals surface area (Å²) in [5.41, 5.74) is 8.48. The molecule has 29 heavy (non-hydrogen) atoms. The van der Waals surface area contributed by atoms with Crippen molar-refractivity contribution < 1.29 is 9.59 Å². The van der Waals surface area contributed by atoms with E-state index in [1.807, 2.05) is 19.1 Å². The molecule has 0 aliphatic heterocycles. The predicted octanol–water partition coefficient (Wildman–Crippen LogP) is 5.70. The fourth-order valence-corrected chi connectivity index (χ4v) is 4.32. The lowest BCUT2D eigenvalue weighted by Crippen LogP contribution is -2.16. The molecule has 2 aromatic carbocycles. The lowest BCUT2D eigenvalue weighted by Gasteiger charge is -2.05. The fourth-order valence-electron chi connectivity index (χ4n) is 2.89. The average molecular weight is 445 g/mol. The van der Waals surface area contributed by atoms with E-state index in [2.05, 4.69) is 0 Å². The minimum atomic E-state index is -0.189. The molecule has 4 nitrogen and oxygen atoms in total. The van der Waals surface area contributed by atoms with E-state index < -0.39 is 0 Å². The minimum absolute atomic E-state index is 0.0762. The molecule has 0 saturated carbocycles. The minimum Gasteiger partial charge on any atom is -0.387 e. The molecule has 3 rings (SSSR count). The molecule has 1 aromatic heterocycles. The molecule has 0 saturated heterocycles. The maximum Gasteiger partial charge on any atom is 0.202 e. The SMILES string of the molecule is Cc1ccc(C(=O)c2cc(CC(=O)CC(=N)N)c(-c3ccc(Cl)c(Cl)c3)s2)cc1. The van der Waals surface area contributed by atoms with E-state index in [-0.39, 0.29) is 30.2 Å². The van der Waals surface area contributed by atoms with E-state index in [0.29, 0.717) is 26.0 Å². The van der Waals surface area contributed by atoms with Crippen LogP contribution in [0.25, 0.3) is 10.4 Å². The van der Waals surface area contributed by atoms with Crippen LogP contribution in [0.2, 0.25) is 10.0 Å². The number of nitrogens with two attached hydrogens (primary N) is 1. The summed E-state index contributed by atoms with van der Waals surface area (Å²) < 4.78 is 0. The van der Waals surface area contributed by atoms with E-state index in [1.54, 1.807) is 36.4 Å². The van der Waals surface area contributed by atoms with E-state index in [9.17, 15) is 9.59 Å². The van der Waals surface area contributed by atoms with Crippen molar-refractivity contribution in [2.24, 2.45) is 5.73 Å². The average Bonchev–Trinajstić information content (AvgIpc) is 3.07. The Labute approximate surface area is 182 Å². The molecule has 0 spiro atoms. The molecule has 3 N–H and O–H groups in total. The van der Waals surface area contributed by atoms with Gasteiger partial charge in [0.25, 0.3) is 0 Å². The topological polar surface area (TPSA) is 84.0 Å². The second-order valence-electron chi connectivity index (χ2n) is 6.71. The first-order valence-corrected chi connectivity index (χ1v) is 10.4. The number of thiophene rings is 1. The highest BCUT2D eigenvalue weighted by molar-refractivity contribution is 7.17. The number of amidine groups is 1. The molecule has 3 aromatic rings. The van der Waals surface area contributed by atoms with Crippen LogP contribution in [-0.4, -0.2) is 17.4 Å². The first-order chi connectivity index (χ1) is 13.7. The number of ketones is 2. The predicted molar refractivity (Wildman–Crippen MR) is 120 cm³/mol. The standard InChI is InChI=1S/C22H18Cl2N2O2S/c1-12-2-4-13(5-3-12)21(28)19-10-15(8-16(27)11-20(25)26)22(29-19)14-6-7-17(23)18(24)9-14/h2-7,9-10H,8,11H2,1H3,(H3,25,26). The number of nitrogens with one attached hydrogen (secondary N) is 1. The van der Waals surface area contributed by atoms with Crippen molar-refractivity contribution in [3.05, 3.63) is 80.1 Å². The lowest BCUT2D eigenvalue weighted by molar-refractivity contribution is -0.117. The zero-order valence-corrected chi connectivity index (χ0v) is 17.9. The molecule has 0 fully saturated rings. The monoisotopic (exact) mass is 444 g/mol. The number of halogens is 2. The summed E-state index contributed by atoms with van der Waals surface area (Å²) in [7, 11) is 0. The molecular formula is C22H18Cl2N2O2S. The number of rotatable bonds is 7. The van der Waals surface area contributed by atoms with Crippen LogP contribution in [0.5, 0.6) is 0 Å². The number of carbonyl (C=O) groups is 2. The molecule has 0 bridgehead atoms. The number of benzene rings is 2. The van der Waals surface area contributed by atoms with Crippen LogP contribution in [0.3, 0.4) is 0 Å². The lowest BCUT2D eigenvalue weighted by atomic mass is 10.0. The van der Waals surface area contributed by atoms with Gasteiger partial charge in [-0.05, 0) is 36.2 Å². The van der Waals surface area contributed by atoms with Gasteiger partial charge in [-0.25, -0.2) is 0 Å². The van der Waals surface area contributed by atoms with Gasteiger partial charge in [0.05, 0.1) is 27.2 Å². The Morgan fingerprint density at radius 3 is 2.34 bits per heavy atom. The highest BCUT2D eigenvalue weighted by atomic mass is 35.5. The molecule has 148 valence electrons. The smallest absolute Gasteiger partial charge is 0.202 e. The van der Waals surface area contributed by atoms with E-state index in [4.69, 9.17) is 34.3 Å². The summed E-state index contributed by atoms with van der Waals surface area (Å²) >= 11 is 13.5. The quantitative estimate of drug-likeness (QED) is 0.278. The number of Topliss-reactive ketones (excluding diaryl/α,β-unsaturated/α-hetero) is 1. The van der Waals surface area contributed by atoms with Crippen molar-refractivity contribution in [3.8, 4) is 10.4 Å². The molecule has 1 heterocycles. The van der Waals surface area contributed by atoms with Gasteiger partial charge in [-0.15, -0.1) is 11.3 Å². The largest absolute Gasteiger partial charge is 0.387 e. The summed E-state index contributed by atoms with van der Waals surface area (Å²) in [5.74, 6) is -0.482. The molecule has 0 aliphatic carbocycles. The van der Waals surface area contributed by atoms with Crippen molar-refractivity contribution in [2.45, 2.75) is 19.8 Å². The van der Waals surface area contributed by atoms with E-state index >= 15 is 0 Å². The number of carbonyl (C=O) groups excluding carboxylic acids is 2. The number of hydrogen-bond donors (Lipinski definition) is 2. The summed E-state index contributed by atoms with van der Waals surface area (Å²) in [6, 6.07) is 14.3. The molecule has 0 aliphatic rings. The van der Waals surface area contributed by atoms with Gasteiger partial charge < -0.3 is 5.73 Å². The van der Waals surface area contributed by atoms with Gasteiger partial charge in [0.1, 0.15) is 5.78 Å². The van der Waals surface area contributed by atoms with Crippen molar-refractivity contribution in [2.75, 3.05) is 0 Å². The highest BCUT2D eigenvalue weighted by Crippen LogP contribution is 2.37. The zero-order chi connectivity index (χ0) is 21.1. The van der Waals surface area contributed by atoms with Crippen molar-refractivity contribution >= 4 is 51.9 Å². The van der Waals surface area contributed by atoms with Gasteiger partial charge in [0.2, 0.25) is 5.78 Å². The molecule has 0 atom stereocenters. The van der Waals surface area contributed by atoms with Gasteiger partial charge in [0.15, 0.2) is 0 Å². The first kappa shape index (κ1) is 21.2. The Kier molecular flexibility index (Phi) is 6.52. The maximum atomic E-state index is 13.0. The van der Waals surface area contributed by atoms with E-state index in [1.165, 1.54) is 11.3 Å². The Balaban J connectivity index is 2.03. The molecule has 7 heteroatoms. The van der Waals surface area contributed by atoms with E-state index in [0.717, 1.165) is 16.0 Å². The van der Waals surface area contributed by atoms with Gasteiger partial charge in [-0.1, -0.05) is 59.1 Å². The first-order valence-electron chi connectivity index (χ1n) is 8.78. The Morgan fingerprint density at radius 2 is 1.72 bits per heavy atom. The third kappa shape index (κ3) is 5.12. The zero-order valence-electron chi connectivity index (χ0n) is 15.6. The summed E-state index contributed by atoms with van der Waals surface area (Å²) in [6.07, 6.45) is -0.0509. The Bertz CT molecular complexity index is 1100. The van der Waals surface area contributed by atoms with Crippen LogP contribution in [-0.2, 0) is 11.2 Å². The number of hydrogen-bond acceptors (Lipinski definition) is 4. The van der Waals surface area contributed by atoms with Crippen molar-refractivity contribution in [1.82, 2.24) is 0 Å². The third-order valence-electron chi connectivity index (χ3n) is 4.30. The van der Waals surface area contributed by atoms with Crippen LogP contribution < -0.4 is 5.73 Å². The molecule has 0 radical (unpaired) electrons. The maximum absolute atomic E-state index is 13.0. The van der Waals surface area contributed by atoms with Gasteiger partial charge >= 0.3 is 0 Å². The van der Waals surface area contributed by atoms with Crippen molar-refractivity contribution in [1.29, 1.82) is 5.41 Å². The Morgan fingerprint density at radius 1 is 1.03 bits per heavy atom. The highest BCUT2D eigenvalue weighted by Gasteiger charge is 2.20. The number of aryl methyl sites for hydroxylation is 1. The van der Waals surface area contributed by atoms with Crippen LogP contribution in [0.1, 0.15) is 32.8 Å². The molecule has 0 unspecified atom stereocenters. The van der Waals surface area contributed by atoms with Crippen molar-refractivity contribution in [3.63, 3.8) is 0 Å². The van der Waals surface area contributed by atoms with Gasteiger partial charge in [-0.2, -0.15) is 0 Å². The summed E-state index contributed by atoms with van der Waals surface area (Å²) in [4.78, 5) is 26.5. The summed E-state index contributed by atoms with van der Waals surface area (Å²) in [5, 5.41) is 8.16. The van der Waals surface area contributed by atoms with Crippen LogP contribution in [0.4, 0.5) is 0 Å². The Hall–Kier alpha value is -2.47. The molecule has 0 amide bonds. The van der Waals surface area contributed by atoms with Gasteiger partial charge in [0, 0.05) is 16.9 Å². The van der Waals surface area contributed by atoms with Gasteiger partial charge in [-0.3, -0.25) is 15.0 Å². The third-order valence-corrected chi connectivity index (χ3v) is 6.27. The molecular weight excluding hydrogens is 427 g/mol. The second kappa shape index (κ2) is 8.91. The second-order valence-corrected chi connectivity index (χ2v) is 8.57. The van der Waals surface area contributed by atoms with Crippen LogP contribution in [0.15, 0.2) is 48.5 Å². The fraction of sp³-hybridized carbons (Fsp3) is 0.136. The normalized spacial score (nSPS) is 10.7.